The molecule has 0 aromatic heterocycles. The number of carbonyl (C=O) groups is 2. The van der Waals surface area contributed by atoms with Crippen molar-refractivity contribution in [2.75, 3.05) is 20.3 Å². The molecular weight excluding hydrogens is 561 g/mol. The van der Waals surface area contributed by atoms with Gasteiger partial charge in [-0.15, -0.1) is 0 Å². The second kappa shape index (κ2) is 12.8. The van der Waals surface area contributed by atoms with Crippen LogP contribution in [0.4, 0.5) is 0 Å². The number of methoxy groups -OCH3 is 1. The summed E-state index contributed by atoms with van der Waals surface area (Å²) in [6, 6.07) is 15.5. The first-order chi connectivity index (χ1) is 16.9. The smallest absolute Gasteiger partial charge is 0.549 e. The Morgan fingerprint density at radius 2 is 1.89 bits per heavy atom. The van der Waals surface area contributed by atoms with Crippen molar-refractivity contribution in [3.8, 4) is 23.0 Å². The predicted octanol–water partition coefficient (Wildman–Crippen LogP) is 1.50. The van der Waals surface area contributed by atoms with Gasteiger partial charge in [0.1, 0.15) is 23.0 Å². The summed E-state index contributed by atoms with van der Waals surface area (Å²) in [6.45, 7) is 0.715. The number of nitrogens with one attached hydrogen (secondary N) is 1. The van der Waals surface area contributed by atoms with E-state index in [1.54, 1.807) is 37.4 Å². The van der Waals surface area contributed by atoms with Gasteiger partial charge >= 0.3 is 29.6 Å². The largest absolute Gasteiger partial charge is 1.00 e. The zero-order valence-electron chi connectivity index (χ0n) is 19.8. The van der Waals surface area contributed by atoms with Gasteiger partial charge in [0.15, 0.2) is 0 Å². The van der Waals surface area contributed by atoms with Gasteiger partial charge in [-0.05, 0) is 66.9 Å². The number of halogens is 2. The number of fused-ring (bicyclic) bond motifs is 1. The minimum Gasteiger partial charge on any atom is -0.549 e. The van der Waals surface area contributed by atoms with Crippen LogP contribution in [0.25, 0.3) is 0 Å². The van der Waals surface area contributed by atoms with E-state index in [1.807, 2.05) is 18.2 Å². The van der Waals surface area contributed by atoms with Gasteiger partial charge in [-0.1, -0.05) is 27.5 Å². The molecule has 1 amide bonds. The molecule has 0 saturated heterocycles. The first-order valence-electron chi connectivity index (χ1n) is 10.9. The van der Waals surface area contributed by atoms with Gasteiger partial charge in [0.2, 0.25) is 0 Å². The quantitative estimate of drug-likeness (QED) is 0.405. The average Bonchev–Trinajstić information content (AvgIpc) is 2.84. The number of ether oxygens (including phenoxy) is 3. The van der Waals surface area contributed by atoms with Crippen molar-refractivity contribution in [3.05, 3.63) is 80.8 Å². The van der Waals surface area contributed by atoms with E-state index in [-0.39, 0.29) is 47.1 Å². The van der Waals surface area contributed by atoms with Gasteiger partial charge in [0.05, 0.1) is 18.7 Å². The van der Waals surface area contributed by atoms with E-state index in [2.05, 4.69) is 21.2 Å². The molecule has 1 heterocycles. The monoisotopic (exact) mass is 581 g/mol. The second-order valence-corrected chi connectivity index (χ2v) is 9.24. The molecule has 1 unspecified atom stereocenters. The van der Waals surface area contributed by atoms with Crippen LogP contribution in [0.1, 0.15) is 33.8 Å². The molecule has 10 heteroatoms. The third-order valence-corrected chi connectivity index (χ3v) is 6.44. The molecular formula is C26H22BrClNNaO6. The molecule has 3 aromatic carbocycles. The summed E-state index contributed by atoms with van der Waals surface area (Å²) in [5.41, 5.74) is 1.94. The molecule has 36 heavy (non-hydrogen) atoms. The number of benzene rings is 3. The summed E-state index contributed by atoms with van der Waals surface area (Å²) in [5.74, 6) is -0.178. The topological polar surface area (TPSA) is 96.9 Å². The number of hydrogen-bond donors (Lipinski definition) is 1. The molecule has 3 aromatic rings. The Morgan fingerprint density at radius 1 is 1.14 bits per heavy atom. The maximum Gasteiger partial charge on any atom is 1.00 e. The van der Waals surface area contributed by atoms with Gasteiger partial charge < -0.3 is 29.4 Å². The maximum absolute atomic E-state index is 12.5. The van der Waals surface area contributed by atoms with Crippen LogP contribution < -0.4 is 54.2 Å². The fraction of sp³-hybridized carbons (Fsp3) is 0.231. The summed E-state index contributed by atoms with van der Waals surface area (Å²) in [7, 11) is 1.61. The number of amides is 1. The predicted molar refractivity (Wildman–Crippen MR) is 133 cm³/mol. The molecule has 1 aliphatic rings. The first kappa shape index (κ1) is 28.3. The molecule has 1 N–H and O–H groups in total. The third-order valence-electron chi connectivity index (χ3n) is 5.66. The van der Waals surface area contributed by atoms with Crippen molar-refractivity contribution in [3.63, 3.8) is 0 Å². The Bertz CT molecular complexity index is 1250. The number of carboxylic acids is 1. The Morgan fingerprint density at radius 3 is 2.58 bits per heavy atom. The molecule has 0 radical (unpaired) electrons. The van der Waals surface area contributed by atoms with Gasteiger partial charge in [-0.25, -0.2) is 0 Å². The standard InChI is InChI=1S/C26H23BrClNO6.Na/c1-33-22-7-4-17(27)12-16(22)8-10-29-25(30)15-2-5-18(6-3-15)35-24-14-23-20(13-21(24)28)19(26(31)32)9-11-34-23;/h2-7,12-14,19H,8-11H2,1H3,(H,29,30)(H,31,32);/q;+1/p-1. The molecule has 4 rings (SSSR count). The minimum absolute atomic E-state index is 0. The summed E-state index contributed by atoms with van der Waals surface area (Å²) in [6.07, 6.45) is 0.944. The number of carbonyl (C=O) groups excluding carboxylic acids is 2. The molecule has 0 saturated carbocycles. The van der Waals surface area contributed by atoms with Crippen LogP contribution in [-0.2, 0) is 11.2 Å². The molecule has 0 fully saturated rings. The third kappa shape index (κ3) is 6.75. The summed E-state index contributed by atoms with van der Waals surface area (Å²) >= 11 is 9.78. The summed E-state index contributed by atoms with van der Waals surface area (Å²) in [4.78, 5) is 23.9. The van der Waals surface area contributed by atoms with Crippen LogP contribution in [0.3, 0.4) is 0 Å². The van der Waals surface area contributed by atoms with Crippen molar-refractivity contribution in [1.29, 1.82) is 0 Å². The zero-order valence-corrected chi connectivity index (χ0v) is 24.1. The number of carboxylic acid groups (broad SMARTS) is 1. The van der Waals surface area contributed by atoms with Crippen molar-refractivity contribution >= 4 is 39.4 Å². The maximum atomic E-state index is 12.5. The molecule has 182 valence electrons. The van der Waals surface area contributed by atoms with Crippen molar-refractivity contribution in [2.45, 2.75) is 18.8 Å². The van der Waals surface area contributed by atoms with E-state index in [1.165, 1.54) is 6.07 Å². The Labute approximate surface area is 244 Å². The Hall–Kier alpha value is -2.23. The van der Waals surface area contributed by atoms with Crippen LogP contribution in [0.2, 0.25) is 5.02 Å². The van der Waals surface area contributed by atoms with Crippen LogP contribution in [0.5, 0.6) is 23.0 Å². The average molecular weight is 583 g/mol. The van der Waals surface area contributed by atoms with Gasteiger partial charge in [-0.2, -0.15) is 0 Å². The van der Waals surface area contributed by atoms with E-state index in [9.17, 15) is 14.7 Å². The van der Waals surface area contributed by atoms with Gasteiger partial charge in [-0.3, -0.25) is 4.79 Å². The van der Waals surface area contributed by atoms with Gasteiger partial charge in [0, 0.05) is 40.1 Å². The number of aliphatic carboxylic acids is 1. The van der Waals surface area contributed by atoms with E-state index in [4.69, 9.17) is 25.8 Å². The van der Waals surface area contributed by atoms with E-state index < -0.39 is 11.9 Å². The molecule has 1 aliphatic heterocycles. The van der Waals surface area contributed by atoms with Crippen LogP contribution in [0.15, 0.2) is 59.1 Å². The molecule has 1 atom stereocenters. The van der Waals surface area contributed by atoms with Crippen molar-refractivity contribution in [2.24, 2.45) is 0 Å². The summed E-state index contributed by atoms with van der Waals surface area (Å²) in [5, 5.41) is 14.5. The van der Waals surface area contributed by atoms with Crippen molar-refractivity contribution in [1.82, 2.24) is 5.32 Å². The first-order valence-corrected chi connectivity index (χ1v) is 12.1. The SMILES string of the molecule is COc1ccc(Br)cc1CCNC(=O)c1ccc(Oc2cc3c(cc2Cl)C(C(=O)[O-])CCO3)cc1.[Na+]. The normalized spacial score (nSPS) is 14.0. The minimum atomic E-state index is -1.16. The van der Waals surface area contributed by atoms with E-state index in [0.717, 1.165) is 15.8 Å². The number of hydrogen-bond acceptors (Lipinski definition) is 6. The number of rotatable bonds is 8. The second-order valence-electron chi connectivity index (χ2n) is 7.92. The molecule has 0 spiro atoms. The fourth-order valence-corrected chi connectivity index (χ4v) is 4.49. The fourth-order valence-electron chi connectivity index (χ4n) is 3.87. The molecule has 7 nitrogen and oxygen atoms in total. The van der Waals surface area contributed by atoms with E-state index >= 15 is 0 Å². The Kier molecular flexibility index (Phi) is 10.1. The molecule has 0 aliphatic carbocycles. The molecule has 0 bridgehead atoms. The van der Waals surface area contributed by atoms with Crippen LogP contribution in [0, 0.1) is 0 Å². The summed E-state index contributed by atoms with van der Waals surface area (Å²) < 4.78 is 17.8. The van der Waals surface area contributed by atoms with Gasteiger partial charge in [0.25, 0.3) is 5.91 Å². The van der Waals surface area contributed by atoms with Crippen molar-refractivity contribution < 1.29 is 58.5 Å². The Balaban J connectivity index is 0.00000361. The zero-order chi connectivity index (χ0) is 24.9. The van der Waals surface area contributed by atoms with E-state index in [0.29, 0.717) is 47.8 Å². The van der Waals surface area contributed by atoms with Crippen LogP contribution in [-0.4, -0.2) is 32.1 Å². The van der Waals surface area contributed by atoms with Crippen LogP contribution >= 0.6 is 27.5 Å².